The van der Waals surface area contributed by atoms with Crippen molar-refractivity contribution in [2.75, 3.05) is 38.9 Å². The van der Waals surface area contributed by atoms with Crippen LogP contribution in [0.25, 0.3) is 0 Å². The van der Waals surface area contributed by atoms with Gasteiger partial charge in [-0.3, -0.25) is 4.78 Å². The molecule has 146 valence electrons. The lowest BCUT2D eigenvalue weighted by Gasteiger charge is -2.26. The van der Waals surface area contributed by atoms with E-state index in [1.54, 1.807) is 0 Å². The first-order valence-corrected chi connectivity index (χ1v) is 12.0. The quantitative estimate of drug-likeness (QED) is 0.819. The van der Waals surface area contributed by atoms with Crippen molar-refractivity contribution in [3.63, 3.8) is 0 Å². The van der Waals surface area contributed by atoms with Gasteiger partial charge in [0.05, 0.1) is 46.7 Å². The Morgan fingerprint density at radius 3 is 2.04 bits per heavy atom. The summed E-state index contributed by atoms with van der Waals surface area (Å²) in [5.74, 6) is 0. The first kappa shape index (κ1) is 20.8. The maximum absolute atomic E-state index is 12.0. The van der Waals surface area contributed by atoms with E-state index in [1.165, 1.54) is 12.5 Å². The molecule has 0 radical (unpaired) electrons. The number of carbonyl (C=O) groups excluding carboxylic acids is 1. The molecule has 2 atom stereocenters. The molecule has 2 fully saturated rings. The van der Waals surface area contributed by atoms with E-state index in [2.05, 4.69) is 4.36 Å². The van der Waals surface area contributed by atoms with Gasteiger partial charge in [-0.1, -0.05) is 30.3 Å². The van der Waals surface area contributed by atoms with Gasteiger partial charge >= 0.3 is 6.09 Å². The molecule has 10 heteroatoms. The van der Waals surface area contributed by atoms with Crippen molar-refractivity contribution < 1.29 is 27.4 Å². The van der Waals surface area contributed by atoms with Gasteiger partial charge in [0.2, 0.25) is 0 Å². The van der Waals surface area contributed by atoms with Crippen molar-refractivity contribution >= 4 is 25.6 Å². The number of nitrogens with zero attached hydrogens (tertiary/aromatic N) is 1. The minimum absolute atomic E-state index is 0.00231. The number of rotatable bonds is 4. The Bertz CT molecular complexity index is 824. The molecular formula is C16H24N2O6S2. The Labute approximate surface area is 154 Å². The third-order valence-corrected chi connectivity index (χ3v) is 7.50. The van der Waals surface area contributed by atoms with Crippen molar-refractivity contribution in [2.45, 2.75) is 17.1 Å². The first-order chi connectivity index (χ1) is 12.2. The summed E-state index contributed by atoms with van der Waals surface area (Å²) >= 11 is 0. The first-order valence-electron chi connectivity index (χ1n) is 7.98. The minimum atomic E-state index is -2.55. The smallest absolute Gasteiger partial charge is 0.442 e. The molecule has 1 N–H and O–H groups in total. The van der Waals surface area contributed by atoms with E-state index >= 15 is 0 Å². The van der Waals surface area contributed by atoms with E-state index in [4.69, 9.17) is 19.0 Å². The molecule has 1 aromatic rings. The Kier molecular flexibility index (Phi) is 7.16. The fourth-order valence-electron chi connectivity index (χ4n) is 1.91. The van der Waals surface area contributed by atoms with E-state index < -0.39 is 25.6 Å². The summed E-state index contributed by atoms with van der Waals surface area (Å²) in [6.45, 7) is 1.95. The van der Waals surface area contributed by atoms with E-state index in [9.17, 15) is 13.2 Å². The summed E-state index contributed by atoms with van der Waals surface area (Å²) in [6, 6.07) is 9.28. The summed E-state index contributed by atoms with van der Waals surface area (Å²) in [5, 5.41) is -0.163. The highest BCUT2D eigenvalue weighted by molar-refractivity contribution is 7.94. The number of amides is 1. The monoisotopic (exact) mass is 404 g/mol. The van der Waals surface area contributed by atoms with Gasteiger partial charge in [-0.25, -0.2) is 13.2 Å². The van der Waals surface area contributed by atoms with Crippen LogP contribution in [0.5, 0.6) is 0 Å². The highest BCUT2D eigenvalue weighted by Gasteiger charge is 2.28. The van der Waals surface area contributed by atoms with Crippen LogP contribution >= 0.6 is 0 Å². The highest BCUT2D eigenvalue weighted by Crippen LogP contribution is 2.14. The molecule has 3 rings (SSSR count). The average molecular weight is 405 g/mol. The topological polar surface area (TPSA) is 115 Å². The Morgan fingerprint density at radius 1 is 1.12 bits per heavy atom. The van der Waals surface area contributed by atoms with Crippen molar-refractivity contribution in [1.29, 1.82) is 4.78 Å². The average Bonchev–Trinajstić information content (AvgIpc) is 2.40. The zero-order chi connectivity index (χ0) is 19.2. The number of hydrogen-bond donors (Lipinski definition) is 1. The summed E-state index contributed by atoms with van der Waals surface area (Å²) in [5.41, 5.74) is 0.871. The fourth-order valence-corrected chi connectivity index (χ4v) is 3.82. The third-order valence-electron chi connectivity index (χ3n) is 3.93. The maximum atomic E-state index is 12.0. The summed E-state index contributed by atoms with van der Waals surface area (Å²) < 4.78 is 48.1. The fraction of sp³-hybridized carbons (Fsp3) is 0.562. The zero-order valence-corrected chi connectivity index (χ0v) is 16.4. The van der Waals surface area contributed by atoms with E-state index in [-0.39, 0.29) is 17.1 Å². The number of ether oxygens (including phenoxy) is 3. The number of hydrogen-bond acceptors (Lipinski definition) is 7. The molecule has 0 aromatic heterocycles. The van der Waals surface area contributed by atoms with Crippen LogP contribution in [0.15, 0.2) is 34.7 Å². The summed E-state index contributed by atoms with van der Waals surface area (Å²) in [6.07, 6.45) is 2.14. The number of benzene rings is 1. The second kappa shape index (κ2) is 8.94. The molecule has 1 aromatic carbocycles. The van der Waals surface area contributed by atoms with Gasteiger partial charge in [-0.05, 0) is 5.56 Å². The Balaban J connectivity index is 0.000000254. The predicted molar refractivity (Wildman–Crippen MR) is 99.1 cm³/mol. The maximum Gasteiger partial charge on any atom is 0.442 e. The van der Waals surface area contributed by atoms with Crippen molar-refractivity contribution in [1.82, 2.24) is 0 Å². The second-order valence-electron chi connectivity index (χ2n) is 6.22. The SMILES string of the molecule is CS(=N)(=O)C1COC1.CS(=O)(=NC(=O)OCc1ccccc1)C1COC1. The molecule has 2 heterocycles. The van der Waals surface area contributed by atoms with Gasteiger partial charge in [-0.2, -0.15) is 0 Å². The van der Waals surface area contributed by atoms with Crippen molar-refractivity contribution in [2.24, 2.45) is 4.36 Å². The zero-order valence-electron chi connectivity index (χ0n) is 14.8. The molecule has 26 heavy (non-hydrogen) atoms. The van der Waals surface area contributed by atoms with Crippen LogP contribution in [0.2, 0.25) is 0 Å². The van der Waals surface area contributed by atoms with Gasteiger partial charge in [0.15, 0.2) is 0 Å². The lowest BCUT2D eigenvalue weighted by Crippen LogP contribution is -2.40. The van der Waals surface area contributed by atoms with E-state index in [1.807, 2.05) is 30.3 Å². The Hall–Kier alpha value is -1.49. The molecule has 0 aliphatic carbocycles. The van der Waals surface area contributed by atoms with Crippen LogP contribution in [0, 0.1) is 4.78 Å². The van der Waals surface area contributed by atoms with E-state index in [0.29, 0.717) is 26.4 Å². The highest BCUT2D eigenvalue weighted by atomic mass is 32.2. The largest absolute Gasteiger partial charge is 0.443 e. The molecule has 2 unspecified atom stereocenters. The van der Waals surface area contributed by atoms with Gasteiger partial charge < -0.3 is 14.2 Å². The minimum Gasteiger partial charge on any atom is -0.443 e. The lowest BCUT2D eigenvalue weighted by atomic mass is 10.2. The van der Waals surface area contributed by atoms with Gasteiger partial charge in [0, 0.05) is 22.2 Å². The molecule has 0 bridgehead atoms. The summed E-state index contributed by atoms with van der Waals surface area (Å²) in [7, 11) is -4.84. The Morgan fingerprint density at radius 2 is 1.65 bits per heavy atom. The molecule has 2 aliphatic rings. The molecule has 0 spiro atoms. The standard InChI is InChI=1S/C12H15NO4S.C4H9NO2S/c1-18(15,11-8-16-9-11)13-12(14)17-7-10-5-3-2-4-6-10;1-8(5,6)4-2-7-3-4/h2-6,11H,7-9H2,1H3;4-5H,2-3H2,1H3. The second-order valence-corrected chi connectivity index (χ2v) is 11.3. The van der Waals surface area contributed by atoms with Crippen LogP contribution in [0.3, 0.4) is 0 Å². The van der Waals surface area contributed by atoms with Crippen LogP contribution < -0.4 is 0 Å². The van der Waals surface area contributed by atoms with Crippen LogP contribution in [-0.4, -0.2) is 63.9 Å². The van der Waals surface area contributed by atoms with Crippen molar-refractivity contribution in [3.05, 3.63) is 35.9 Å². The van der Waals surface area contributed by atoms with Gasteiger partial charge in [0.25, 0.3) is 0 Å². The molecule has 1 amide bonds. The molecule has 2 saturated heterocycles. The van der Waals surface area contributed by atoms with Crippen LogP contribution in [0.4, 0.5) is 4.79 Å². The number of nitrogens with one attached hydrogen (secondary N) is 1. The molecule has 2 aliphatic heterocycles. The van der Waals surface area contributed by atoms with Gasteiger partial charge in [-0.15, -0.1) is 4.36 Å². The van der Waals surface area contributed by atoms with E-state index in [0.717, 1.165) is 5.56 Å². The normalized spacial score (nSPS) is 21.6. The lowest BCUT2D eigenvalue weighted by molar-refractivity contribution is 0.0429. The molecule has 8 nitrogen and oxygen atoms in total. The van der Waals surface area contributed by atoms with Crippen LogP contribution in [0.1, 0.15) is 5.56 Å². The van der Waals surface area contributed by atoms with Crippen LogP contribution in [-0.2, 0) is 40.3 Å². The third kappa shape index (κ3) is 6.35. The summed E-state index contributed by atoms with van der Waals surface area (Å²) in [4.78, 5) is 11.5. The molecular weight excluding hydrogens is 380 g/mol. The molecule has 0 saturated carbocycles. The predicted octanol–water partition coefficient (Wildman–Crippen LogP) is 1.88. The van der Waals surface area contributed by atoms with Gasteiger partial charge in [0.1, 0.15) is 6.61 Å². The van der Waals surface area contributed by atoms with Crippen molar-refractivity contribution in [3.8, 4) is 0 Å². The number of carbonyl (C=O) groups is 1.